The van der Waals surface area contributed by atoms with Gasteiger partial charge >= 0.3 is 5.97 Å². The first kappa shape index (κ1) is 8.75. The Balaban J connectivity index is 2.46. The summed E-state index contributed by atoms with van der Waals surface area (Å²) in [7, 11) is 0. The average Bonchev–Trinajstić information content (AvgIpc) is 2.17. The van der Waals surface area contributed by atoms with Crippen molar-refractivity contribution in [2.75, 3.05) is 0 Å². The number of alkyl halides is 1. The van der Waals surface area contributed by atoms with E-state index in [1.54, 1.807) is 0 Å². The fourth-order valence-electron chi connectivity index (χ4n) is 1.47. The van der Waals surface area contributed by atoms with Crippen molar-refractivity contribution in [3.8, 4) is 5.75 Å². The lowest BCUT2D eigenvalue weighted by atomic mass is 10.0. The summed E-state index contributed by atoms with van der Waals surface area (Å²) in [5.41, 5.74) is 2.18. The van der Waals surface area contributed by atoms with Crippen molar-refractivity contribution in [1.29, 1.82) is 0 Å². The fourth-order valence-corrected chi connectivity index (χ4v) is 1.91. The maximum Gasteiger partial charge on any atom is 0.311 e. The molecule has 2 nitrogen and oxygen atoms in total. The molecule has 0 atom stereocenters. The minimum atomic E-state index is -0.124. The zero-order valence-corrected chi connectivity index (χ0v) is 8.63. The van der Waals surface area contributed by atoms with E-state index in [1.165, 1.54) is 0 Å². The Bertz CT molecular complexity index is 333. The van der Waals surface area contributed by atoms with E-state index in [1.807, 2.05) is 18.2 Å². The largest absolute Gasteiger partial charge is 0.426 e. The fraction of sp³-hybridized carbons (Fsp3) is 0.300. The maximum atomic E-state index is 11.1. The molecule has 2 rings (SSSR count). The van der Waals surface area contributed by atoms with Gasteiger partial charge in [-0.1, -0.05) is 34.1 Å². The van der Waals surface area contributed by atoms with Crippen LogP contribution in [0.25, 0.3) is 0 Å². The zero-order valence-electron chi connectivity index (χ0n) is 7.05. The van der Waals surface area contributed by atoms with Gasteiger partial charge in [-0.2, -0.15) is 0 Å². The van der Waals surface area contributed by atoms with Crippen LogP contribution in [0, 0.1) is 0 Å². The van der Waals surface area contributed by atoms with E-state index in [0.717, 1.165) is 28.6 Å². The Morgan fingerprint density at radius 1 is 1.38 bits per heavy atom. The van der Waals surface area contributed by atoms with Crippen LogP contribution in [0.2, 0.25) is 0 Å². The Labute approximate surface area is 85.0 Å². The molecule has 1 aliphatic heterocycles. The van der Waals surface area contributed by atoms with Gasteiger partial charge in [0.05, 0.1) is 6.42 Å². The number of carbonyl (C=O) groups excluding carboxylic acids is 1. The smallest absolute Gasteiger partial charge is 0.311 e. The highest BCUT2D eigenvalue weighted by Crippen LogP contribution is 2.30. The number of rotatable bonds is 1. The van der Waals surface area contributed by atoms with Crippen molar-refractivity contribution in [2.45, 2.75) is 18.2 Å². The van der Waals surface area contributed by atoms with Crippen LogP contribution in [0.3, 0.4) is 0 Å². The standard InChI is InChI=1S/C10H9BrO2/c11-6-8-3-1-2-7-4-5-9(12)13-10(7)8/h1-3H,4-6H2. The molecule has 3 heteroatoms. The van der Waals surface area contributed by atoms with Crippen molar-refractivity contribution in [3.63, 3.8) is 0 Å². The summed E-state index contributed by atoms with van der Waals surface area (Å²) >= 11 is 3.37. The summed E-state index contributed by atoms with van der Waals surface area (Å²) in [4.78, 5) is 11.1. The molecule has 0 N–H and O–H groups in total. The van der Waals surface area contributed by atoms with Crippen molar-refractivity contribution >= 4 is 21.9 Å². The lowest BCUT2D eigenvalue weighted by Gasteiger charge is -2.17. The lowest BCUT2D eigenvalue weighted by Crippen LogP contribution is -2.16. The Hall–Kier alpha value is -0.830. The third kappa shape index (κ3) is 1.61. The van der Waals surface area contributed by atoms with Gasteiger partial charge in [0, 0.05) is 10.9 Å². The van der Waals surface area contributed by atoms with E-state index >= 15 is 0 Å². The first-order chi connectivity index (χ1) is 6.31. The van der Waals surface area contributed by atoms with Gasteiger partial charge in [0.25, 0.3) is 0 Å². The number of aryl methyl sites for hydroxylation is 1. The number of hydrogen-bond donors (Lipinski definition) is 0. The summed E-state index contributed by atoms with van der Waals surface area (Å²) < 4.78 is 5.18. The van der Waals surface area contributed by atoms with Crippen LogP contribution in [-0.4, -0.2) is 5.97 Å². The van der Waals surface area contributed by atoms with Gasteiger partial charge in [0.2, 0.25) is 0 Å². The number of benzene rings is 1. The Morgan fingerprint density at radius 3 is 3.00 bits per heavy atom. The highest BCUT2D eigenvalue weighted by molar-refractivity contribution is 9.08. The van der Waals surface area contributed by atoms with E-state index in [0.29, 0.717) is 6.42 Å². The third-order valence-electron chi connectivity index (χ3n) is 2.14. The van der Waals surface area contributed by atoms with E-state index in [-0.39, 0.29) is 5.97 Å². The predicted molar refractivity (Wildman–Crippen MR) is 53.0 cm³/mol. The summed E-state index contributed by atoms with van der Waals surface area (Å²) in [6.07, 6.45) is 1.30. The van der Waals surface area contributed by atoms with Crippen LogP contribution in [-0.2, 0) is 16.5 Å². The summed E-state index contributed by atoms with van der Waals surface area (Å²) in [5, 5.41) is 0.726. The number of fused-ring (bicyclic) bond motifs is 1. The molecule has 0 saturated carbocycles. The minimum absolute atomic E-state index is 0.124. The van der Waals surface area contributed by atoms with Gasteiger partial charge in [0.1, 0.15) is 5.75 Å². The molecule has 0 aliphatic carbocycles. The number of para-hydroxylation sites is 1. The second kappa shape index (κ2) is 3.50. The second-order valence-electron chi connectivity index (χ2n) is 3.01. The van der Waals surface area contributed by atoms with Gasteiger partial charge in [-0.25, -0.2) is 0 Å². The molecule has 0 saturated heterocycles. The molecule has 0 radical (unpaired) electrons. The Morgan fingerprint density at radius 2 is 2.23 bits per heavy atom. The molecule has 0 amide bonds. The van der Waals surface area contributed by atoms with Crippen LogP contribution in [0.4, 0.5) is 0 Å². The summed E-state index contributed by atoms with van der Waals surface area (Å²) in [5.74, 6) is 0.636. The minimum Gasteiger partial charge on any atom is -0.426 e. The molecule has 0 bridgehead atoms. The monoisotopic (exact) mass is 240 g/mol. The van der Waals surface area contributed by atoms with Gasteiger partial charge in [-0.05, 0) is 12.0 Å². The number of carbonyl (C=O) groups is 1. The molecular formula is C10H9BrO2. The van der Waals surface area contributed by atoms with E-state index in [2.05, 4.69) is 15.9 Å². The van der Waals surface area contributed by atoms with Crippen LogP contribution in [0.15, 0.2) is 18.2 Å². The lowest BCUT2D eigenvalue weighted by molar-refractivity contribution is -0.135. The van der Waals surface area contributed by atoms with Crippen LogP contribution in [0.5, 0.6) is 5.75 Å². The van der Waals surface area contributed by atoms with Crippen molar-refractivity contribution < 1.29 is 9.53 Å². The molecule has 1 aromatic rings. The highest BCUT2D eigenvalue weighted by atomic mass is 79.9. The highest BCUT2D eigenvalue weighted by Gasteiger charge is 2.18. The molecule has 0 spiro atoms. The molecule has 13 heavy (non-hydrogen) atoms. The molecule has 68 valence electrons. The molecule has 1 heterocycles. The second-order valence-corrected chi connectivity index (χ2v) is 3.57. The quantitative estimate of drug-likeness (QED) is 0.428. The van der Waals surface area contributed by atoms with E-state index < -0.39 is 0 Å². The molecule has 0 aromatic heterocycles. The number of esters is 1. The van der Waals surface area contributed by atoms with Crippen molar-refractivity contribution in [2.24, 2.45) is 0 Å². The number of hydrogen-bond acceptors (Lipinski definition) is 2. The van der Waals surface area contributed by atoms with Gasteiger partial charge in [0.15, 0.2) is 0 Å². The predicted octanol–water partition coefficient (Wildman–Crippen LogP) is 2.43. The molecule has 1 aliphatic rings. The van der Waals surface area contributed by atoms with Gasteiger partial charge in [-0.15, -0.1) is 0 Å². The zero-order chi connectivity index (χ0) is 9.26. The Kier molecular flexibility index (Phi) is 2.36. The maximum absolute atomic E-state index is 11.1. The molecule has 0 fully saturated rings. The molecule has 1 aromatic carbocycles. The normalized spacial score (nSPS) is 15.0. The first-order valence-electron chi connectivity index (χ1n) is 4.18. The molecule has 0 unspecified atom stereocenters. The van der Waals surface area contributed by atoms with Crippen molar-refractivity contribution in [1.82, 2.24) is 0 Å². The average molecular weight is 241 g/mol. The van der Waals surface area contributed by atoms with E-state index in [4.69, 9.17) is 4.74 Å². The van der Waals surface area contributed by atoms with Gasteiger partial charge in [-0.3, -0.25) is 4.79 Å². The molecular weight excluding hydrogens is 232 g/mol. The summed E-state index contributed by atoms with van der Waals surface area (Å²) in [6.45, 7) is 0. The first-order valence-corrected chi connectivity index (χ1v) is 5.31. The van der Waals surface area contributed by atoms with E-state index in [9.17, 15) is 4.79 Å². The third-order valence-corrected chi connectivity index (χ3v) is 2.74. The topological polar surface area (TPSA) is 26.3 Å². The van der Waals surface area contributed by atoms with Crippen LogP contribution < -0.4 is 4.74 Å². The van der Waals surface area contributed by atoms with Gasteiger partial charge < -0.3 is 4.74 Å². The number of ether oxygens (including phenoxy) is 1. The SMILES string of the molecule is O=C1CCc2cccc(CBr)c2O1. The summed E-state index contributed by atoms with van der Waals surface area (Å²) in [6, 6.07) is 5.97. The van der Waals surface area contributed by atoms with Crippen LogP contribution in [0.1, 0.15) is 17.5 Å². The van der Waals surface area contributed by atoms with Crippen LogP contribution >= 0.6 is 15.9 Å². The number of halogens is 1. The van der Waals surface area contributed by atoms with Crippen molar-refractivity contribution in [3.05, 3.63) is 29.3 Å².